The fourth-order valence-corrected chi connectivity index (χ4v) is 3.15. The maximum Gasteiger partial charge on any atom is 0.260 e. The number of carbonyl (C=O) groups is 1. The summed E-state index contributed by atoms with van der Waals surface area (Å²) in [7, 11) is 0. The van der Waals surface area contributed by atoms with E-state index >= 15 is 0 Å². The smallest absolute Gasteiger partial charge is 0.260 e. The van der Waals surface area contributed by atoms with Crippen molar-refractivity contribution in [3.05, 3.63) is 71.2 Å². The average molecular weight is 306 g/mol. The van der Waals surface area contributed by atoms with Gasteiger partial charge in [0.05, 0.1) is 16.8 Å². The number of halogens is 1. The maximum atomic E-state index is 13.4. The highest BCUT2D eigenvalue weighted by molar-refractivity contribution is 6.09. The molecule has 0 saturated carbocycles. The predicted molar refractivity (Wildman–Crippen MR) is 88.3 cm³/mol. The number of aromatic nitrogens is 1. The van der Waals surface area contributed by atoms with Crippen molar-refractivity contribution in [2.75, 3.05) is 11.4 Å². The molecule has 0 aliphatic carbocycles. The summed E-state index contributed by atoms with van der Waals surface area (Å²) < 4.78 is 13.4. The van der Waals surface area contributed by atoms with Gasteiger partial charge in [-0.2, -0.15) is 0 Å². The number of nitrogens with zero attached hydrogens (tertiary/aromatic N) is 2. The van der Waals surface area contributed by atoms with Crippen molar-refractivity contribution in [1.82, 2.24) is 4.98 Å². The Labute approximate surface area is 133 Å². The van der Waals surface area contributed by atoms with Gasteiger partial charge in [0.2, 0.25) is 0 Å². The minimum absolute atomic E-state index is 0.0777. The molecule has 3 nitrogen and oxygen atoms in total. The molecule has 0 unspecified atom stereocenters. The Balaban J connectivity index is 1.80. The summed E-state index contributed by atoms with van der Waals surface area (Å²) in [4.78, 5) is 19.2. The lowest BCUT2D eigenvalue weighted by atomic mass is 10.1. The molecule has 0 N–H and O–H groups in total. The highest BCUT2D eigenvalue weighted by atomic mass is 19.1. The summed E-state index contributed by atoms with van der Waals surface area (Å²) in [6.45, 7) is 2.48. The molecule has 0 radical (unpaired) electrons. The largest absolute Gasteiger partial charge is 0.308 e. The van der Waals surface area contributed by atoms with E-state index in [0.29, 0.717) is 28.7 Å². The van der Waals surface area contributed by atoms with Crippen LogP contribution in [0.4, 0.5) is 10.1 Å². The van der Waals surface area contributed by atoms with Crippen molar-refractivity contribution in [1.29, 1.82) is 0 Å². The van der Waals surface area contributed by atoms with Gasteiger partial charge < -0.3 is 4.90 Å². The fraction of sp³-hybridized carbons (Fsp3) is 0.158. The van der Waals surface area contributed by atoms with E-state index in [0.717, 1.165) is 12.1 Å². The molecule has 0 spiro atoms. The topological polar surface area (TPSA) is 33.2 Å². The fourth-order valence-electron chi connectivity index (χ4n) is 3.15. The second kappa shape index (κ2) is 5.16. The van der Waals surface area contributed by atoms with Crippen molar-refractivity contribution in [2.24, 2.45) is 0 Å². The first-order valence-corrected chi connectivity index (χ1v) is 7.60. The molecule has 114 valence electrons. The van der Waals surface area contributed by atoms with E-state index in [2.05, 4.69) is 4.98 Å². The van der Waals surface area contributed by atoms with E-state index in [4.69, 9.17) is 0 Å². The Morgan fingerprint density at radius 2 is 2.00 bits per heavy atom. The van der Waals surface area contributed by atoms with Crippen LogP contribution in [0.15, 0.2) is 48.5 Å². The second-order valence-electron chi connectivity index (χ2n) is 5.79. The molecule has 4 rings (SSSR count). The van der Waals surface area contributed by atoms with Crippen LogP contribution in [-0.2, 0) is 6.42 Å². The third kappa shape index (κ3) is 2.27. The summed E-state index contributed by atoms with van der Waals surface area (Å²) >= 11 is 0. The molecule has 4 heteroatoms. The Kier molecular flexibility index (Phi) is 3.11. The van der Waals surface area contributed by atoms with Crippen LogP contribution in [0.2, 0.25) is 0 Å². The number of aryl methyl sites for hydroxylation is 1. The average Bonchev–Trinajstić information content (AvgIpc) is 2.98. The number of carbonyl (C=O) groups excluding carboxylic acids is 1. The lowest BCUT2D eigenvalue weighted by Crippen LogP contribution is -2.29. The van der Waals surface area contributed by atoms with Crippen LogP contribution in [0.3, 0.4) is 0 Å². The molecule has 1 amide bonds. The molecular formula is C19H15FN2O. The lowest BCUT2D eigenvalue weighted by Gasteiger charge is -2.18. The van der Waals surface area contributed by atoms with Crippen LogP contribution >= 0.6 is 0 Å². The van der Waals surface area contributed by atoms with Gasteiger partial charge >= 0.3 is 0 Å². The summed E-state index contributed by atoms with van der Waals surface area (Å²) in [6.07, 6.45) is 0.858. The first-order chi connectivity index (χ1) is 11.1. The van der Waals surface area contributed by atoms with Crippen molar-refractivity contribution in [2.45, 2.75) is 13.3 Å². The molecule has 2 heterocycles. The predicted octanol–water partition coefficient (Wildman–Crippen LogP) is 3.89. The number of hydrogen-bond acceptors (Lipinski definition) is 2. The summed E-state index contributed by atoms with van der Waals surface area (Å²) in [6, 6.07) is 14.1. The van der Waals surface area contributed by atoms with E-state index in [1.165, 1.54) is 17.7 Å². The number of rotatable bonds is 1. The third-order valence-electron chi connectivity index (χ3n) is 4.33. The van der Waals surface area contributed by atoms with Gasteiger partial charge in [-0.3, -0.25) is 9.78 Å². The normalized spacial score (nSPS) is 13.4. The molecule has 2 aromatic carbocycles. The highest BCUT2D eigenvalue weighted by Crippen LogP contribution is 2.30. The van der Waals surface area contributed by atoms with Gasteiger partial charge in [-0.25, -0.2) is 4.39 Å². The molecule has 1 aliphatic rings. The van der Waals surface area contributed by atoms with E-state index in [1.54, 1.807) is 17.0 Å². The maximum absolute atomic E-state index is 13.4. The molecule has 1 aromatic heterocycles. The van der Waals surface area contributed by atoms with Gasteiger partial charge in [0.1, 0.15) is 5.82 Å². The molecule has 23 heavy (non-hydrogen) atoms. The minimum Gasteiger partial charge on any atom is -0.308 e. The first-order valence-electron chi connectivity index (χ1n) is 7.60. The first kappa shape index (κ1) is 13.9. The molecule has 0 fully saturated rings. The van der Waals surface area contributed by atoms with Crippen molar-refractivity contribution in [3.63, 3.8) is 0 Å². The monoisotopic (exact) mass is 306 g/mol. The number of anilines is 1. The minimum atomic E-state index is -0.326. The zero-order valence-corrected chi connectivity index (χ0v) is 12.7. The number of fused-ring (bicyclic) bond motifs is 2. The number of benzene rings is 2. The quantitative estimate of drug-likeness (QED) is 0.683. The van der Waals surface area contributed by atoms with Gasteiger partial charge in [-0.15, -0.1) is 0 Å². The number of pyridine rings is 1. The molecule has 0 atom stereocenters. The number of hydrogen-bond donors (Lipinski definition) is 0. The molecule has 0 bridgehead atoms. The zero-order chi connectivity index (χ0) is 16.0. The van der Waals surface area contributed by atoms with Crippen molar-refractivity contribution >= 4 is 22.5 Å². The van der Waals surface area contributed by atoms with E-state index < -0.39 is 0 Å². The second-order valence-corrected chi connectivity index (χ2v) is 5.79. The third-order valence-corrected chi connectivity index (χ3v) is 4.33. The standard InChI is InChI=1S/C19H15FN2O/c1-12-16(11-14-10-15(20)6-7-17(14)21-12)19(23)22-9-8-13-4-2-3-5-18(13)22/h2-7,10-11H,8-9H2,1H3. The van der Waals surface area contributed by atoms with Gasteiger partial charge in [0, 0.05) is 17.6 Å². The molecular weight excluding hydrogens is 291 g/mol. The SMILES string of the molecule is Cc1nc2ccc(F)cc2cc1C(=O)N1CCc2ccccc21. The Morgan fingerprint density at radius 3 is 2.87 bits per heavy atom. The molecule has 0 saturated heterocycles. The van der Waals surface area contributed by atoms with Crippen LogP contribution in [0.1, 0.15) is 21.6 Å². The van der Waals surface area contributed by atoms with Crippen molar-refractivity contribution in [3.8, 4) is 0 Å². The number of para-hydroxylation sites is 1. The summed E-state index contributed by atoms with van der Waals surface area (Å²) in [5, 5.41) is 0.645. The van der Waals surface area contributed by atoms with Crippen LogP contribution in [0.5, 0.6) is 0 Å². The Hall–Kier alpha value is -2.75. The van der Waals surface area contributed by atoms with E-state index in [-0.39, 0.29) is 11.7 Å². The van der Waals surface area contributed by atoms with Crippen LogP contribution in [0, 0.1) is 12.7 Å². The zero-order valence-electron chi connectivity index (χ0n) is 12.7. The van der Waals surface area contributed by atoms with Gasteiger partial charge in [0.25, 0.3) is 5.91 Å². The van der Waals surface area contributed by atoms with Gasteiger partial charge in [0.15, 0.2) is 0 Å². The number of amides is 1. The Morgan fingerprint density at radius 1 is 1.17 bits per heavy atom. The van der Waals surface area contributed by atoms with Crippen LogP contribution in [-0.4, -0.2) is 17.4 Å². The summed E-state index contributed by atoms with van der Waals surface area (Å²) in [5.74, 6) is -0.404. The van der Waals surface area contributed by atoms with E-state index in [1.807, 2.05) is 31.2 Å². The Bertz CT molecular complexity index is 936. The molecule has 3 aromatic rings. The van der Waals surface area contributed by atoms with E-state index in [9.17, 15) is 9.18 Å². The lowest BCUT2D eigenvalue weighted by molar-refractivity contribution is 0.0988. The van der Waals surface area contributed by atoms with Gasteiger partial charge in [-0.05, 0) is 49.2 Å². The van der Waals surface area contributed by atoms with Gasteiger partial charge in [-0.1, -0.05) is 18.2 Å². The van der Waals surface area contributed by atoms with Crippen LogP contribution < -0.4 is 4.90 Å². The molecule has 1 aliphatic heterocycles. The highest BCUT2D eigenvalue weighted by Gasteiger charge is 2.26. The summed E-state index contributed by atoms with van der Waals surface area (Å²) in [5.41, 5.74) is 4.02. The van der Waals surface area contributed by atoms with Crippen molar-refractivity contribution < 1.29 is 9.18 Å². The van der Waals surface area contributed by atoms with Crippen LogP contribution in [0.25, 0.3) is 10.9 Å².